The summed E-state index contributed by atoms with van der Waals surface area (Å²) in [7, 11) is 0. The van der Waals surface area contributed by atoms with Gasteiger partial charge < -0.3 is 25.5 Å². The highest BCUT2D eigenvalue weighted by Gasteiger charge is 2.38. The molecular weight excluding hydrogens is 292 g/mol. The Kier molecular flexibility index (Phi) is 2.59. The summed E-state index contributed by atoms with van der Waals surface area (Å²) in [4.78, 5) is 25.0. The molecule has 5 N–H and O–H groups in total. The van der Waals surface area contributed by atoms with Crippen LogP contribution in [0.3, 0.4) is 0 Å². The van der Waals surface area contributed by atoms with Gasteiger partial charge in [-0.15, -0.1) is 0 Å². The van der Waals surface area contributed by atoms with Gasteiger partial charge in [0.25, 0.3) is 0 Å². The summed E-state index contributed by atoms with van der Waals surface area (Å²) in [6.45, 7) is 1.31. The van der Waals surface area contributed by atoms with Crippen LogP contribution in [-0.2, 0) is 0 Å². The smallest absolute Gasteiger partial charge is 0.202 e. The molecule has 0 unspecified atom stereocenters. The maximum atomic E-state index is 12.5. The monoisotopic (exact) mass is 302 g/mol. The molecule has 0 saturated heterocycles. The van der Waals surface area contributed by atoms with Crippen molar-refractivity contribution in [3.05, 3.63) is 39.9 Å². The number of phenolic OH excluding ortho intramolecular Hbond substituents is 5. The van der Waals surface area contributed by atoms with Crippen LogP contribution in [0, 0.1) is 6.92 Å². The molecule has 0 fully saturated rings. The molecule has 1 aliphatic rings. The van der Waals surface area contributed by atoms with Gasteiger partial charge in [0.2, 0.25) is 11.5 Å². The highest BCUT2D eigenvalue weighted by atomic mass is 16.3. The first kappa shape index (κ1) is 13.7. The van der Waals surface area contributed by atoms with Gasteiger partial charge in [-0.05, 0) is 19.1 Å². The van der Waals surface area contributed by atoms with Gasteiger partial charge in [-0.1, -0.05) is 0 Å². The van der Waals surface area contributed by atoms with E-state index in [2.05, 4.69) is 0 Å². The zero-order chi connectivity index (χ0) is 16.3. The molecular formula is C15H10O7. The van der Waals surface area contributed by atoms with Crippen molar-refractivity contribution in [3.8, 4) is 28.7 Å². The fourth-order valence-electron chi connectivity index (χ4n) is 2.60. The first-order chi connectivity index (χ1) is 10.3. The number of aromatic hydroxyl groups is 5. The molecule has 7 nitrogen and oxygen atoms in total. The summed E-state index contributed by atoms with van der Waals surface area (Å²) in [6.07, 6.45) is 0. The van der Waals surface area contributed by atoms with Gasteiger partial charge in [-0.25, -0.2) is 0 Å². The molecule has 0 atom stereocenters. The highest BCUT2D eigenvalue weighted by molar-refractivity contribution is 6.31. The second-order valence-electron chi connectivity index (χ2n) is 4.93. The first-order valence-electron chi connectivity index (χ1n) is 6.19. The number of carbonyl (C=O) groups excluding carboxylic acids is 2. The van der Waals surface area contributed by atoms with Crippen molar-refractivity contribution in [2.75, 3.05) is 0 Å². The highest BCUT2D eigenvalue weighted by Crippen LogP contribution is 2.48. The molecule has 2 aromatic rings. The van der Waals surface area contributed by atoms with E-state index in [-0.39, 0.29) is 16.7 Å². The Morgan fingerprint density at radius 2 is 1.32 bits per heavy atom. The predicted octanol–water partition coefficient (Wildman–Crippen LogP) is 1.30. The molecule has 0 radical (unpaired) electrons. The zero-order valence-electron chi connectivity index (χ0n) is 11.2. The third kappa shape index (κ3) is 1.44. The van der Waals surface area contributed by atoms with Crippen LogP contribution in [0.2, 0.25) is 0 Å². The average molecular weight is 302 g/mol. The zero-order valence-corrected chi connectivity index (χ0v) is 11.2. The lowest BCUT2D eigenvalue weighted by molar-refractivity contribution is 0.0972. The van der Waals surface area contributed by atoms with Gasteiger partial charge in [0, 0.05) is 16.7 Å². The van der Waals surface area contributed by atoms with Crippen LogP contribution in [0.1, 0.15) is 37.4 Å². The predicted molar refractivity (Wildman–Crippen MR) is 72.8 cm³/mol. The molecule has 0 spiro atoms. The van der Waals surface area contributed by atoms with E-state index in [9.17, 15) is 35.1 Å². The van der Waals surface area contributed by atoms with Crippen molar-refractivity contribution in [1.29, 1.82) is 0 Å². The summed E-state index contributed by atoms with van der Waals surface area (Å²) in [5, 5.41) is 48.6. The molecule has 112 valence electrons. The summed E-state index contributed by atoms with van der Waals surface area (Å²) in [5.74, 6) is -5.63. The van der Waals surface area contributed by atoms with Gasteiger partial charge in [-0.3, -0.25) is 9.59 Å². The number of fused-ring (bicyclic) bond motifs is 2. The van der Waals surface area contributed by atoms with Crippen LogP contribution >= 0.6 is 0 Å². The first-order valence-corrected chi connectivity index (χ1v) is 6.19. The molecule has 7 heteroatoms. The molecule has 0 bridgehead atoms. The van der Waals surface area contributed by atoms with E-state index in [1.165, 1.54) is 6.92 Å². The lowest BCUT2D eigenvalue weighted by Crippen LogP contribution is -2.22. The molecule has 22 heavy (non-hydrogen) atoms. The summed E-state index contributed by atoms with van der Waals surface area (Å²) < 4.78 is 0. The number of carbonyl (C=O) groups is 2. The van der Waals surface area contributed by atoms with Crippen LogP contribution in [0.5, 0.6) is 28.7 Å². The SMILES string of the molecule is Cc1c(O)c(O)c(O)c2c1C(=O)c1ccc(O)c(O)c1C2=O. The Hall–Kier alpha value is -3.22. The Bertz CT molecular complexity index is 880. The van der Waals surface area contributed by atoms with Gasteiger partial charge in [-0.2, -0.15) is 0 Å². The molecule has 0 heterocycles. The molecule has 0 aliphatic heterocycles. The Morgan fingerprint density at radius 3 is 1.95 bits per heavy atom. The minimum Gasteiger partial charge on any atom is -0.504 e. The minimum absolute atomic E-state index is 0.0677. The topological polar surface area (TPSA) is 135 Å². The maximum absolute atomic E-state index is 12.5. The van der Waals surface area contributed by atoms with Gasteiger partial charge in [0.15, 0.2) is 28.8 Å². The molecule has 0 amide bonds. The van der Waals surface area contributed by atoms with Crippen molar-refractivity contribution >= 4 is 11.6 Å². The van der Waals surface area contributed by atoms with E-state index in [1.807, 2.05) is 0 Å². The van der Waals surface area contributed by atoms with Crippen molar-refractivity contribution < 1.29 is 35.1 Å². The average Bonchev–Trinajstić information content (AvgIpc) is 2.49. The Balaban J connectivity index is 2.47. The third-order valence-electron chi connectivity index (χ3n) is 3.75. The summed E-state index contributed by atoms with van der Waals surface area (Å²) >= 11 is 0. The molecule has 2 aromatic carbocycles. The minimum atomic E-state index is -0.954. The normalized spacial score (nSPS) is 13.0. The van der Waals surface area contributed by atoms with Gasteiger partial charge >= 0.3 is 0 Å². The fraction of sp³-hybridized carbons (Fsp3) is 0.0667. The number of hydrogen-bond donors (Lipinski definition) is 5. The summed E-state index contributed by atoms with van der Waals surface area (Å²) in [5.41, 5.74) is -1.47. The van der Waals surface area contributed by atoms with E-state index < -0.39 is 51.4 Å². The number of rotatable bonds is 0. The van der Waals surface area contributed by atoms with Crippen LogP contribution in [0.25, 0.3) is 0 Å². The van der Waals surface area contributed by atoms with E-state index in [4.69, 9.17) is 0 Å². The third-order valence-corrected chi connectivity index (χ3v) is 3.75. The molecule has 3 rings (SSSR count). The van der Waals surface area contributed by atoms with Crippen molar-refractivity contribution in [2.45, 2.75) is 6.92 Å². The van der Waals surface area contributed by atoms with Crippen LogP contribution in [0.15, 0.2) is 12.1 Å². The standard InChI is InChI=1S/C15H10O7/c1-4-7-9(14(21)15(22)10(4)17)13(20)8-5(11(7)18)2-3-6(16)12(8)19/h2-3,16-17,19,21-22H,1H3. The Morgan fingerprint density at radius 1 is 0.682 bits per heavy atom. The summed E-state index contributed by atoms with van der Waals surface area (Å²) in [6, 6.07) is 2.22. The fourth-order valence-corrected chi connectivity index (χ4v) is 2.60. The van der Waals surface area contributed by atoms with E-state index in [0.717, 1.165) is 12.1 Å². The van der Waals surface area contributed by atoms with Crippen LogP contribution in [-0.4, -0.2) is 37.1 Å². The number of hydrogen-bond acceptors (Lipinski definition) is 7. The maximum Gasteiger partial charge on any atom is 0.202 e. The number of benzene rings is 2. The van der Waals surface area contributed by atoms with Crippen LogP contribution < -0.4 is 0 Å². The van der Waals surface area contributed by atoms with E-state index >= 15 is 0 Å². The van der Waals surface area contributed by atoms with E-state index in [1.54, 1.807) is 0 Å². The Labute approximate surface area is 123 Å². The lowest BCUT2D eigenvalue weighted by Gasteiger charge is -2.22. The van der Waals surface area contributed by atoms with Gasteiger partial charge in [0.1, 0.15) is 0 Å². The number of ketones is 2. The lowest BCUT2D eigenvalue weighted by atomic mass is 9.80. The largest absolute Gasteiger partial charge is 0.504 e. The quantitative estimate of drug-likeness (QED) is 0.395. The van der Waals surface area contributed by atoms with Crippen molar-refractivity contribution in [1.82, 2.24) is 0 Å². The number of phenols is 5. The van der Waals surface area contributed by atoms with Gasteiger partial charge in [0.05, 0.1) is 11.1 Å². The second kappa shape index (κ2) is 4.14. The molecule has 0 aromatic heterocycles. The van der Waals surface area contributed by atoms with E-state index in [0.29, 0.717) is 0 Å². The molecule has 0 saturated carbocycles. The molecule has 1 aliphatic carbocycles. The van der Waals surface area contributed by atoms with Crippen molar-refractivity contribution in [2.24, 2.45) is 0 Å². The van der Waals surface area contributed by atoms with Crippen molar-refractivity contribution in [3.63, 3.8) is 0 Å². The second-order valence-corrected chi connectivity index (χ2v) is 4.93. The van der Waals surface area contributed by atoms with Crippen LogP contribution in [0.4, 0.5) is 0 Å².